The number of imidazole rings is 1. The number of nitrogens with zero attached hydrogens (tertiary/aromatic N) is 3. The van der Waals surface area contributed by atoms with Gasteiger partial charge in [0.15, 0.2) is 5.84 Å². The van der Waals surface area contributed by atoms with Crippen LogP contribution in [0, 0.1) is 0 Å². The highest BCUT2D eigenvalue weighted by molar-refractivity contribution is 7.20. The summed E-state index contributed by atoms with van der Waals surface area (Å²) in [4.78, 5) is 8.35. The number of hydrazine groups is 1. The van der Waals surface area contributed by atoms with Gasteiger partial charge in [0.1, 0.15) is 0 Å². The molecule has 1 aromatic carbocycles. The van der Waals surface area contributed by atoms with E-state index in [1.807, 2.05) is 16.8 Å². The highest BCUT2D eigenvalue weighted by Crippen LogP contribution is 2.30. The minimum Gasteiger partial charge on any atom is -0.381 e. The number of nitrogens with one attached hydrogen (secondary N) is 2. The molecule has 6 N–H and O–H groups in total. The van der Waals surface area contributed by atoms with E-state index < -0.39 is 0 Å². The molecule has 0 radical (unpaired) electrons. The zero-order chi connectivity index (χ0) is 16.5. The minimum atomic E-state index is 0.373. The number of rotatable bonds is 4. The fraction of sp³-hybridized carbons (Fsp3) is 0. The van der Waals surface area contributed by atoms with Crippen molar-refractivity contribution in [3.63, 3.8) is 0 Å². The van der Waals surface area contributed by atoms with E-state index >= 15 is 0 Å². The van der Waals surface area contributed by atoms with E-state index in [4.69, 9.17) is 11.6 Å². The fourth-order valence-electron chi connectivity index (χ4n) is 2.55. The van der Waals surface area contributed by atoms with E-state index in [2.05, 4.69) is 50.9 Å². The second kappa shape index (κ2) is 5.84. The van der Waals surface area contributed by atoms with Crippen LogP contribution in [0.1, 0.15) is 4.88 Å². The number of H-pyrrole nitrogens is 1. The lowest BCUT2D eigenvalue weighted by atomic mass is 10.1. The molecule has 0 unspecified atom stereocenters. The highest BCUT2D eigenvalue weighted by Gasteiger charge is 2.10. The maximum Gasteiger partial charge on any atom is 0.162 e. The molecule has 3 aromatic heterocycles. The first-order valence-corrected chi connectivity index (χ1v) is 8.07. The minimum absolute atomic E-state index is 0.373. The second-order valence-electron chi connectivity index (χ2n) is 5.21. The first-order chi connectivity index (χ1) is 11.7. The van der Waals surface area contributed by atoms with Crippen molar-refractivity contribution in [2.24, 2.45) is 16.7 Å². The van der Waals surface area contributed by atoms with Gasteiger partial charge in [0.25, 0.3) is 0 Å². The van der Waals surface area contributed by atoms with E-state index in [0.717, 1.165) is 32.0 Å². The molecule has 3 heterocycles. The summed E-state index contributed by atoms with van der Waals surface area (Å²) in [7, 11) is 0. The lowest BCUT2D eigenvalue weighted by Gasteiger charge is -2.03. The Bertz CT molecular complexity index is 962. The van der Waals surface area contributed by atoms with Crippen molar-refractivity contribution in [3.05, 3.63) is 60.0 Å². The summed E-state index contributed by atoms with van der Waals surface area (Å²) < 4.78 is 3.09. The molecule has 8 heteroatoms. The topological polar surface area (TPSA) is 110 Å². The van der Waals surface area contributed by atoms with Crippen molar-refractivity contribution in [2.45, 2.75) is 0 Å². The molecule has 0 bridgehead atoms. The van der Waals surface area contributed by atoms with Gasteiger partial charge in [0.05, 0.1) is 21.4 Å². The first-order valence-electron chi connectivity index (χ1n) is 7.25. The molecule has 120 valence electrons. The largest absolute Gasteiger partial charge is 0.381 e. The number of nitrogens with two attached hydrogens (primary N) is 2. The Balaban J connectivity index is 1.64. The maximum absolute atomic E-state index is 5.84. The summed E-state index contributed by atoms with van der Waals surface area (Å²) in [6, 6.07) is 12.4. The predicted molar refractivity (Wildman–Crippen MR) is 96.8 cm³/mol. The summed E-state index contributed by atoms with van der Waals surface area (Å²) in [5, 5.41) is 3.80. The van der Waals surface area contributed by atoms with Gasteiger partial charge in [0.2, 0.25) is 0 Å². The van der Waals surface area contributed by atoms with E-state index in [1.165, 1.54) is 0 Å². The van der Waals surface area contributed by atoms with E-state index in [0.29, 0.717) is 5.84 Å². The van der Waals surface area contributed by atoms with Crippen LogP contribution in [0.15, 0.2) is 60.2 Å². The van der Waals surface area contributed by atoms with Crippen LogP contribution >= 0.6 is 11.3 Å². The highest BCUT2D eigenvalue weighted by atomic mass is 32.1. The number of thiophene rings is 1. The zero-order valence-corrected chi connectivity index (χ0v) is 13.4. The summed E-state index contributed by atoms with van der Waals surface area (Å²) in [6.07, 6.45) is 5.46. The van der Waals surface area contributed by atoms with Gasteiger partial charge in [-0.15, -0.1) is 16.4 Å². The van der Waals surface area contributed by atoms with Crippen molar-refractivity contribution >= 4 is 27.4 Å². The van der Waals surface area contributed by atoms with Gasteiger partial charge in [-0.25, -0.2) is 16.4 Å². The lowest BCUT2D eigenvalue weighted by Crippen LogP contribution is -2.22. The molecule has 0 aliphatic rings. The molecule has 0 fully saturated rings. The van der Waals surface area contributed by atoms with Gasteiger partial charge >= 0.3 is 0 Å². The number of hydrogen-bond donors (Lipinski definition) is 4. The lowest BCUT2D eigenvalue weighted by molar-refractivity contribution is 0.804. The molecule has 4 rings (SSSR count). The zero-order valence-electron chi connectivity index (χ0n) is 12.6. The molecular weight excluding hydrogens is 322 g/mol. The predicted octanol–water partition coefficient (Wildman–Crippen LogP) is 2.17. The Kier molecular flexibility index (Phi) is 3.52. The third kappa shape index (κ3) is 2.53. The Hall–Kier alpha value is -3.10. The molecule has 4 aromatic rings. The summed E-state index contributed by atoms with van der Waals surface area (Å²) in [5.74, 6) is 5.53. The average molecular weight is 337 g/mol. The van der Waals surface area contributed by atoms with Crippen molar-refractivity contribution < 1.29 is 0 Å². The van der Waals surface area contributed by atoms with Gasteiger partial charge in [-0.1, -0.05) is 12.1 Å². The molecular formula is C16H15N7S. The van der Waals surface area contributed by atoms with Gasteiger partial charge < -0.3 is 15.3 Å². The summed E-state index contributed by atoms with van der Waals surface area (Å²) >= 11 is 1.57. The average Bonchev–Trinajstić information content (AvgIpc) is 3.31. The van der Waals surface area contributed by atoms with Crippen molar-refractivity contribution in [2.75, 3.05) is 0 Å². The van der Waals surface area contributed by atoms with Crippen LogP contribution < -0.4 is 17.1 Å². The van der Waals surface area contributed by atoms with E-state index in [9.17, 15) is 0 Å². The second-order valence-corrected chi connectivity index (χ2v) is 6.30. The Morgan fingerprint density at radius 1 is 1.25 bits per heavy atom. The van der Waals surface area contributed by atoms with Crippen molar-refractivity contribution in [3.8, 4) is 16.9 Å². The van der Waals surface area contributed by atoms with Crippen molar-refractivity contribution in [1.82, 2.24) is 20.1 Å². The fourth-order valence-corrected chi connectivity index (χ4v) is 3.51. The smallest absolute Gasteiger partial charge is 0.162 e. The summed E-state index contributed by atoms with van der Waals surface area (Å²) in [5.41, 5.74) is 12.3. The number of aromatic nitrogens is 3. The van der Waals surface area contributed by atoms with Crippen LogP contribution in [0.5, 0.6) is 0 Å². The Morgan fingerprint density at radius 2 is 2.08 bits per heavy atom. The molecule has 7 nitrogen and oxygen atoms in total. The molecule has 0 atom stereocenters. The molecule has 0 aliphatic carbocycles. The van der Waals surface area contributed by atoms with E-state index in [1.54, 1.807) is 23.9 Å². The number of hydrazone groups is 1. The molecule has 0 aliphatic heterocycles. The third-order valence-electron chi connectivity index (χ3n) is 3.72. The normalized spacial score (nSPS) is 12.0. The molecule has 0 saturated carbocycles. The van der Waals surface area contributed by atoms with Gasteiger partial charge in [-0.2, -0.15) is 0 Å². The number of fused-ring (bicyclic) bond motifs is 1. The molecule has 0 saturated heterocycles. The standard InChI is InChI=1S/C16H15N7S/c17-16(21-22-18)15-8-13-14(24-15)7-12(20-13)10-1-3-11(4-2-10)23-6-5-19-9-23/h1-9,20,22H,18H2,(H2,17,21). The summed E-state index contributed by atoms with van der Waals surface area (Å²) in [6.45, 7) is 0. The molecule has 0 spiro atoms. The van der Waals surface area contributed by atoms with Crippen LogP contribution in [-0.4, -0.2) is 20.4 Å². The maximum atomic E-state index is 5.84. The SMILES string of the molecule is NN/N=C(\N)c1cc2[nH]c(-c3ccc(-n4ccnc4)cc3)cc2s1. The van der Waals surface area contributed by atoms with Gasteiger partial charge in [-0.3, -0.25) is 0 Å². The van der Waals surface area contributed by atoms with Crippen molar-refractivity contribution in [1.29, 1.82) is 0 Å². The van der Waals surface area contributed by atoms with Crippen LogP contribution in [0.3, 0.4) is 0 Å². The number of aromatic amines is 1. The number of benzene rings is 1. The third-order valence-corrected chi connectivity index (χ3v) is 4.83. The van der Waals surface area contributed by atoms with Gasteiger partial charge in [0, 0.05) is 23.8 Å². The quantitative estimate of drug-likeness (QED) is 0.198. The molecule has 0 amide bonds. The number of hydrogen-bond acceptors (Lipinski definition) is 5. The Morgan fingerprint density at radius 3 is 2.75 bits per heavy atom. The van der Waals surface area contributed by atoms with Crippen LogP contribution in [0.4, 0.5) is 0 Å². The Labute approximate surface area is 141 Å². The number of amidine groups is 1. The molecule has 24 heavy (non-hydrogen) atoms. The van der Waals surface area contributed by atoms with E-state index in [-0.39, 0.29) is 0 Å². The monoisotopic (exact) mass is 337 g/mol. The van der Waals surface area contributed by atoms with Crippen LogP contribution in [-0.2, 0) is 0 Å². The first kappa shape index (κ1) is 14.5. The van der Waals surface area contributed by atoms with Gasteiger partial charge in [-0.05, 0) is 29.8 Å². The van der Waals surface area contributed by atoms with Crippen LogP contribution in [0.2, 0.25) is 0 Å². The van der Waals surface area contributed by atoms with Crippen LogP contribution in [0.25, 0.3) is 27.2 Å².